The largest absolute Gasteiger partial charge is 0.416 e. The van der Waals surface area contributed by atoms with E-state index in [1.165, 1.54) is 7.11 Å². The summed E-state index contributed by atoms with van der Waals surface area (Å²) in [6.07, 6.45) is -4.14. The monoisotopic (exact) mass is 320 g/mol. The summed E-state index contributed by atoms with van der Waals surface area (Å²) in [7, 11) is 1.43. The molecule has 1 aliphatic rings. The molecule has 1 unspecified atom stereocenters. The van der Waals surface area contributed by atoms with Crippen molar-refractivity contribution >= 4 is 11.6 Å². The number of ether oxygens (including phenoxy) is 1. The molecule has 122 valence electrons. The first-order valence-corrected chi connectivity index (χ1v) is 6.66. The quantitative estimate of drug-likeness (QED) is 0.838. The molecule has 2 rings (SSSR count). The molecule has 1 saturated heterocycles. The predicted molar refractivity (Wildman–Crippen MR) is 71.8 cm³/mol. The highest BCUT2D eigenvalue weighted by Crippen LogP contribution is 2.33. The molecule has 1 atom stereocenters. The SMILES string of the molecule is COCC1(C(=O)Nc2cc(C(F)(F)F)ccc2F)CCNC1. The van der Waals surface area contributed by atoms with E-state index in [4.69, 9.17) is 4.74 Å². The molecular weight excluding hydrogens is 304 g/mol. The third-order valence-electron chi connectivity index (χ3n) is 3.69. The van der Waals surface area contributed by atoms with E-state index in [1.54, 1.807) is 0 Å². The lowest BCUT2D eigenvalue weighted by atomic mass is 9.87. The Kier molecular flexibility index (Phi) is 4.72. The molecule has 0 bridgehead atoms. The second kappa shape index (κ2) is 6.21. The highest BCUT2D eigenvalue weighted by Gasteiger charge is 2.42. The molecule has 0 spiro atoms. The molecular formula is C14H16F4N2O2. The van der Waals surface area contributed by atoms with Crippen LogP contribution in [0.3, 0.4) is 0 Å². The second-order valence-electron chi connectivity index (χ2n) is 5.29. The Morgan fingerprint density at radius 3 is 2.73 bits per heavy atom. The Bertz CT molecular complexity index is 554. The number of carbonyl (C=O) groups is 1. The minimum absolute atomic E-state index is 0.104. The molecule has 8 heteroatoms. The second-order valence-corrected chi connectivity index (χ2v) is 5.29. The van der Waals surface area contributed by atoms with Crippen molar-refractivity contribution in [2.24, 2.45) is 5.41 Å². The maximum Gasteiger partial charge on any atom is 0.416 e. The van der Waals surface area contributed by atoms with Crippen LogP contribution < -0.4 is 10.6 Å². The summed E-state index contributed by atoms with van der Waals surface area (Å²) < 4.78 is 56.7. The van der Waals surface area contributed by atoms with E-state index in [-0.39, 0.29) is 6.61 Å². The number of hydrogen-bond acceptors (Lipinski definition) is 3. The summed E-state index contributed by atoms with van der Waals surface area (Å²) in [4.78, 5) is 12.4. The standard InChI is InChI=1S/C14H16F4N2O2/c1-22-8-13(4-5-19-7-13)12(21)20-11-6-9(14(16,17)18)2-3-10(11)15/h2-3,6,19H,4-5,7-8H2,1H3,(H,20,21). The fraction of sp³-hybridized carbons (Fsp3) is 0.500. The third-order valence-corrected chi connectivity index (χ3v) is 3.69. The van der Waals surface area contributed by atoms with Gasteiger partial charge < -0.3 is 15.4 Å². The van der Waals surface area contributed by atoms with Crippen LogP contribution >= 0.6 is 0 Å². The number of alkyl halides is 3. The number of halogens is 4. The molecule has 1 fully saturated rings. The smallest absolute Gasteiger partial charge is 0.384 e. The molecule has 22 heavy (non-hydrogen) atoms. The summed E-state index contributed by atoms with van der Waals surface area (Å²) in [5.74, 6) is -1.47. The fourth-order valence-electron chi connectivity index (χ4n) is 2.45. The van der Waals surface area contributed by atoms with Gasteiger partial charge in [0.25, 0.3) is 0 Å². The van der Waals surface area contributed by atoms with Crippen molar-refractivity contribution in [3.63, 3.8) is 0 Å². The number of benzene rings is 1. The van der Waals surface area contributed by atoms with Crippen LogP contribution in [0.4, 0.5) is 23.2 Å². The number of carbonyl (C=O) groups excluding carboxylic acids is 1. The fourth-order valence-corrected chi connectivity index (χ4v) is 2.45. The van der Waals surface area contributed by atoms with Crippen LogP contribution in [0.2, 0.25) is 0 Å². The Labute approximate surface area is 124 Å². The average Bonchev–Trinajstić information content (AvgIpc) is 2.90. The number of methoxy groups -OCH3 is 1. The van der Waals surface area contributed by atoms with Gasteiger partial charge in [-0.15, -0.1) is 0 Å². The highest BCUT2D eigenvalue weighted by atomic mass is 19.4. The Balaban J connectivity index is 2.24. The maximum atomic E-state index is 13.7. The van der Waals surface area contributed by atoms with Crippen molar-refractivity contribution in [1.82, 2.24) is 5.32 Å². The van der Waals surface area contributed by atoms with Crippen molar-refractivity contribution < 1.29 is 27.1 Å². The molecule has 4 nitrogen and oxygen atoms in total. The van der Waals surface area contributed by atoms with Gasteiger partial charge in [0.05, 0.1) is 23.3 Å². The first-order valence-electron chi connectivity index (χ1n) is 6.66. The van der Waals surface area contributed by atoms with Gasteiger partial charge in [0, 0.05) is 13.7 Å². The average molecular weight is 320 g/mol. The molecule has 1 aromatic rings. The van der Waals surface area contributed by atoms with Crippen molar-refractivity contribution in [1.29, 1.82) is 0 Å². The van der Waals surface area contributed by atoms with E-state index in [9.17, 15) is 22.4 Å². The van der Waals surface area contributed by atoms with Gasteiger partial charge in [-0.2, -0.15) is 13.2 Å². The zero-order valence-corrected chi connectivity index (χ0v) is 11.9. The van der Waals surface area contributed by atoms with Crippen LogP contribution in [-0.4, -0.2) is 32.7 Å². The van der Waals surface area contributed by atoms with Gasteiger partial charge in [-0.1, -0.05) is 0 Å². The molecule has 0 radical (unpaired) electrons. The number of amides is 1. The van der Waals surface area contributed by atoms with Crippen LogP contribution in [0.5, 0.6) is 0 Å². The lowest BCUT2D eigenvalue weighted by molar-refractivity contribution is -0.137. The van der Waals surface area contributed by atoms with E-state index in [0.717, 1.165) is 0 Å². The normalized spacial score (nSPS) is 21.9. The van der Waals surface area contributed by atoms with Gasteiger partial charge >= 0.3 is 6.18 Å². The van der Waals surface area contributed by atoms with Crippen LogP contribution in [0.25, 0.3) is 0 Å². The highest BCUT2D eigenvalue weighted by molar-refractivity contribution is 5.96. The summed E-state index contributed by atoms with van der Waals surface area (Å²) in [5, 5.41) is 5.26. The minimum Gasteiger partial charge on any atom is -0.384 e. The molecule has 2 N–H and O–H groups in total. The lowest BCUT2D eigenvalue weighted by Gasteiger charge is -2.26. The molecule has 1 aromatic carbocycles. The predicted octanol–water partition coefficient (Wildman–Crippen LogP) is 2.41. The summed E-state index contributed by atoms with van der Waals surface area (Å²) in [6, 6.07) is 1.91. The topological polar surface area (TPSA) is 50.4 Å². The van der Waals surface area contributed by atoms with Gasteiger partial charge in [-0.05, 0) is 31.2 Å². The van der Waals surface area contributed by atoms with Gasteiger partial charge in [0.2, 0.25) is 5.91 Å². The van der Waals surface area contributed by atoms with Gasteiger partial charge in [-0.25, -0.2) is 4.39 Å². The number of anilines is 1. The van der Waals surface area contributed by atoms with E-state index in [0.29, 0.717) is 37.7 Å². The van der Waals surface area contributed by atoms with E-state index in [1.807, 2.05) is 0 Å². The van der Waals surface area contributed by atoms with Crippen molar-refractivity contribution in [3.05, 3.63) is 29.6 Å². The molecule has 0 aromatic heterocycles. The third kappa shape index (κ3) is 3.38. The van der Waals surface area contributed by atoms with Crippen molar-refractivity contribution in [2.75, 3.05) is 32.1 Å². The number of rotatable bonds is 4. The lowest BCUT2D eigenvalue weighted by Crippen LogP contribution is -2.42. The molecule has 0 saturated carbocycles. The number of nitrogens with one attached hydrogen (secondary N) is 2. The van der Waals surface area contributed by atoms with E-state index >= 15 is 0 Å². The number of hydrogen-bond donors (Lipinski definition) is 2. The van der Waals surface area contributed by atoms with Crippen LogP contribution in [-0.2, 0) is 15.7 Å². The first kappa shape index (κ1) is 16.7. The Morgan fingerprint density at radius 1 is 1.45 bits per heavy atom. The summed E-state index contributed by atoms with van der Waals surface area (Å²) in [6.45, 7) is 1.02. The Hall–Kier alpha value is -1.67. The zero-order valence-electron chi connectivity index (χ0n) is 11.9. The molecule has 1 aliphatic heterocycles. The van der Waals surface area contributed by atoms with E-state index in [2.05, 4.69) is 10.6 Å². The van der Waals surface area contributed by atoms with Gasteiger partial charge in [-0.3, -0.25) is 4.79 Å². The summed E-state index contributed by atoms with van der Waals surface area (Å²) in [5.41, 5.74) is -2.41. The van der Waals surface area contributed by atoms with Crippen LogP contribution in [0.15, 0.2) is 18.2 Å². The minimum atomic E-state index is -4.60. The maximum absolute atomic E-state index is 13.7. The van der Waals surface area contributed by atoms with Gasteiger partial charge in [0.15, 0.2) is 0 Å². The summed E-state index contributed by atoms with van der Waals surface area (Å²) >= 11 is 0. The first-order chi connectivity index (χ1) is 10.3. The van der Waals surface area contributed by atoms with Crippen LogP contribution in [0, 0.1) is 11.2 Å². The zero-order chi connectivity index (χ0) is 16.4. The van der Waals surface area contributed by atoms with Crippen LogP contribution in [0.1, 0.15) is 12.0 Å². The molecule has 0 aliphatic carbocycles. The molecule has 1 amide bonds. The Morgan fingerprint density at radius 2 is 2.18 bits per heavy atom. The van der Waals surface area contributed by atoms with Gasteiger partial charge in [0.1, 0.15) is 5.82 Å². The van der Waals surface area contributed by atoms with Crippen molar-refractivity contribution in [3.8, 4) is 0 Å². The molecule has 1 heterocycles. The van der Waals surface area contributed by atoms with Crippen molar-refractivity contribution in [2.45, 2.75) is 12.6 Å². The van der Waals surface area contributed by atoms with E-state index < -0.39 is 34.6 Å².